The van der Waals surface area contributed by atoms with Crippen LogP contribution >= 0.6 is 0 Å². The normalized spacial score (nSPS) is 11.7. The third-order valence-corrected chi connectivity index (χ3v) is 4.00. The molecule has 1 aromatic carbocycles. The lowest BCUT2D eigenvalue weighted by Crippen LogP contribution is -2.23. The summed E-state index contributed by atoms with van der Waals surface area (Å²) in [6.45, 7) is 1.65. The van der Waals surface area contributed by atoms with Crippen molar-refractivity contribution in [3.05, 3.63) is 53.7 Å². The zero-order valence-electron chi connectivity index (χ0n) is 9.68. The Hall–Kier alpha value is -1.66. The van der Waals surface area contributed by atoms with Gasteiger partial charge in [0, 0.05) is 0 Å². The van der Waals surface area contributed by atoms with E-state index in [9.17, 15) is 12.8 Å². The maximum Gasteiger partial charge on any atom is 0.241 e. The van der Waals surface area contributed by atoms with E-state index in [0.29, 0.717) is 11.3 Å². The molecular weight excluding hydrogens is 257 g/mol. The summed E-state index contributed by atoms with van der Waals surface area (Å²) < 4.78 is 44.4. The van der Waals surface area contributed by atoms with E-state index in [1.54, 1.807) is 19.1 Å². The molecule has 18 heavy (non-hydrogen) atoms. The molecule has 0 aliphatic heterocycles. The lowest BCUT2D eigenvalue weighted by atomic mass is 10.2. The third-order valence-electron chi connectivity index (χ3n) is 2.46. The van der Waals surface area contributed by atoms with Crippen LogP contribution in [0.15, 0.2) is 45.9 Å². The molecule has 2 rings (SSSR count). The van der Waals surface area contributed by atoms with Gasteiger partial charge in [0.1, 0.15) is 11.6 Å². The summed E-state index contributed by atoms with van der Waals surface area (Å²) in [6, 6.07) is 6.97. The van der Waals surface area contributed by atoms with Gasteiger partial charge in [-0.05, 0) is 36.8 Å². The van der Waals surface area contributed by atoms with Gasteiger partial charge in [-0.25, -0.2) is 17.5 Å². The molecule has 1 N–H and O–H groups in total. The molecular formula is C12H12FNO3S. The van der Waals surface area contributed by atoms with Crippen LogP contribution in [0, 0.1) is 12.7 Å². The van der Waals surface area contributed by atoms with Crippen LogP contribution in [-0.2, 0) is 16.6 Å². The number of aryl methyl sites for hydroxylation is 1. The van der Waals surface area contributed by atoms with Crippen LogP contribution in [-0.4, -0.2) is 8.42 Å². The first kappa shape index (κ1) is 12.8. The SMILES string of the molecule is Cc1ccc(F)cc1S(=O)(=O)NCc1ccco1. The number of sulfonamides is 1. The predicted octanol–water partition coefficient (Wildman–Crippen LogP) is 2.21. The average molecular weight is 269 g/mol. The van der Waals surface area contributed by atoms with Crippen molar-refractivity contribution in [2.24, 2.45) is 0 Å². The van der Waals surface area contributed by atoms with Gasteiger partial charge in [0.25, 0.3) is 0 Å². The molecule has 2 aromatic rings. The van der Waals surface area contributed by atoms with Crippen molar-refractivity contribution >= 4 is 10.0 Å². The number of hydrogen-bond donors (Lipinski definition) is 1. The summed E-state index contributed by atoms with van der Waals surface area (Å²) >= 11 is 0. The Bertz CT molecular complexity index is 635. The Labute approximate surface area is 104 Å². The predicted molar refractivity (Wildman–Crippen MR) is 63.9 cm³/mol. The number of hydrogen-bond acceptors (Lipinski definition) is 3. The number of benzene rings is 1. The zero-order valence-corrected chi connectivity index (χ0v) is 10.5. The Morgan fingerprint density at radius 2 is 2.11 bits per heavy atom. The summed E-state index contributed by atoms with van der Waals surface area (Å²) in [7, 11) is -3.74. The maximum atomic E-state index is 13.1. The second kappa shape index (κ2) is 4.91. The first-order valence-electron chi connectivity index (χ1n) is 5.27. The molecule has 4 nitrogen and oxygen atoms in total. The molecule has 0 unspecified atom stereocenters. The second-order valence-electron chi connectivity index (χ2n) is 3.81. The molecule has 96 valence electrons. The van der Waals surface area contributed by atoms with Crippen molar-refractivity contribution in [3.63, 3.8) is 0 Å². The van der Waals surface area contributed by atoms with Gasteiger partial charge in [-0.2, -0.15) is 0 Å². The second-order valence-corrected chi connectivity index (χ2v) is 5.55. The van der Waals surface area contributed by atoms with Gasteiger partial charge in [-0.1, -0.05) is 6.07 Å². The highest BCUT2D eigenvalue weighted by Crippen LogP contribution is 2.16. The highest BCUT2D eigenvalue weighted by atomic mass is 32.2. The average Bonchev–Trinajstić information content (AvgIpc) is 2.83. The van der Waals surface area contributed by atoms with Crippen molar-refractivity contribution in [3.8, 4) is 0 Å². The van der Waals surface area contributed by atoms with E-state index in [1.807, 2.05) is 0 Å². The summed E-state index contributed by atoms with van der Waals surface area (Å²) in [4.78, 5) is -0.0611. The van der Waals surface area contributed by atoms with Gasteiger partial charge >= 0.3 is 0 Å². The smallest absolute Gasteiger partial charge is 0.241 e. The van der Waals surface area contributed by atoms with Crippen LogP contribution in [0.2, 0.25) is 0 Å². The largest absolute Gasteiger partial charge is 0.468 e. The quantitative estimate of drug-likeness (QED) is 0.925. The number of halogens is 1. The Balaban J connectivity index is 2.22. The lowest BCUT2D eigenvalue weighted by molar-refractivity contribution is 0.498. The Kier molecular flexibility index (Phi) is 3.49. The van der Waals surface area contributed by atoms with Crippen LogP contribution in [0.3, 0.4) is 0 Å². The Morgan fingerprint density at radius 1 is 1.33 bits per heavy atom. The van der Waals surface area contributed by atoms with Crippen molar-refractivity contribution in [1.82, 2.24) is 4.72 Å². The molecule has 6 heteroatoms. The van der Waals surface area contributed by atoms with E-state index in [-0.39, 0.29) is 11.4 Å². The summed E-state index contributed by atoms with van der Waals surface area (Å²) in [5.41, 5.74) is 0.489. The standard InChI is InChI=1S/C12H12FNO3S/c1-9-4-5-10(13)7-12(9)18(15,16)14-8-11-3-2-6-17-11/h2-7,14H,8H2,1H3. The molecule has 0 aliphatic carbocycles. The van der Waals surface area contributed by atoms with Crippen molar-refractivity contribution < 1.29 is 17.2 Å². The van der Waals surface area contributed by atoms with Crippen molar-refractivity contribution in [1.29, 1.82) is 0 Å². The van der Waals surface area contributed by atoms with E-state index < -0.39 is 15.8 Å². The van der Waals surface area contributed by atoms with Crippen LogP contribution in [0.1, 0.15) is 11.3 Å². The fraction of sp³-hybridized carbons (Fsp3) is 0.167. The maximum absolute atomic E-state index is 13.1. The molecule has 0 bridgehead atoms. The molecule has 0 atom stereocenters. The molecule has 0 fully saturated rings. The van der Waals surface area contributed by atoms with Gasteiger partial charge in [-0.15, -0.1) is 0 Å². The van der Waals surface area contributed by atoms with E-state index >= 15 is 0 Å². The topological polar surface area (TPSA) is 59.3 Å². The molecule has 0 aliphatic rings. The van der Waals surface area contributed by atoms with Crippen molar-refractivity contribution in [2.75, 3.05) is 0 Å². The summed E-state index contributed by atoms with van der Waals surface area (Å²) in [5, 5.41) is 0. The number of nitrogens with one attached hydrogen (secondary N) is 1. The van der Waals surface area contributed by atoms with E-state index in [1.165, 1.54) is 18.4 Å². The fourth-order valence-electron chi connectivity index (χ4n) is 1.52. The molecule has 0 spiro atoms. The molecule has 0 amide bonds. The van der Waals surface area contributed by atoms with Crippen molar-refractivity contribution in [2.45, 2.75) is 18.4 Å². The third kappa shape index (κ3) is 2.77. The number of furan rings is 1. The highest BCUT2D eigenvalue weighted by Gasteiger charge is 2.17. The van der Waals surface area contributed by atoms with Crippen LogP contribution in [0.25, 0.3) is 0 Å². The summed E-state index contributed by atoms with van der Waals surface area (Å²) in [5.74, 6) is -0.0911. The van der Waals surface area contributed by atoms with Crippen LogP contribution < -0.4 is 4.72 Å². The highest BCUT2D eigenvalue weighted by molar-refractivity contribution is 7.89. The Morgan fingerprint density at radius 3 is 2.78 bits per heavy atom. The van der Waals surface area contributed by atoms with E-state index in [4.69, 9.17) is 4.42 Å². The van der Waals surface area contributed by atoms with Crippen LogP contribution in [0.5, 0.6) is 0 Å². The molecule has 1 aromatic heterocycles. The lowest BCUT2D eigenvalue weighted by Gasteiger charge is -2.08. The minimum Gasteiger partial charge on any atom is -0.468 e. The van der Waals surface area contributed by atoms with Crippen LogP contribution in [0.4, 0.5) is 4.39 Å². The van der Waals surface area contributed by atoms with Gasteiger partial charge < -0.3 is 4.42 Å². The molecule has 0 radical (unpaired) electrons. The van der Waals surface area contributed by atoms with Gasteiger partial charge in [0.05, 0.1) is 17.7 Å². The molecule has 0 saturated carbocycles. The molecule has 1 heterocycles. The first-order valence-corrected chi connectivity index (χ1v) is 6.75. The minimum absolute atomic E-state index is 0.0330. The first-order chi connectivity index (χ1) is 8.49. The zero-order chi connectivity index (χ0) is 13.2. The van der Waals surface area contributed by atoms with E-state index in [2.05, 4.69) is 4.72 Å². The number of rotatable bonds is 4. The van der Waals surface area contributed by atoms with Gasteiger partial charge in [0.15, 0.2) is 0 Å². The fourth-order valence-corrected chi connectivity index (χ4v) is 2.77. The van der Waals surface area contributed by atoms with Gasteiger partial charge in [-0.3, -0.25) is 0 Å². The van der Waals surface area contributed by atoms with Gasteiger partial charge in [0.2, 0.25) is 10.0 Å². The molecule has 0 saturated heterocycles. The summed E-state index contributed by atoms with van der Waals surface area (Å²) in [6.07, 6.45) is 1.46. The monoisotopic (exact) mass is 269 g/mol. The van der Waals surface area contributed by atoms with E-state index in [0.717, 1.165) is 6.07 Å². The minimum atomic E-state index is -3.74.